The number of hydrogen-bond donors (Lipinski definition) is 4. The predicted molar refractivity (Wildman–Crippen MR) is 169 cm³/mol. The summed E-state index contributed by atoms with van der Waals surface area (Å²) in [5, 5.41) is 14.4. The average Bonchev–Trinajstić information content (AvgIpc) is 3.34. The van der Waals surface area contributed by atoms with Crippen LogP contribution in [-0.2, 0) is 22.4 Å². The van der Waals surface area contributed by atoms with E-state index in [2.05, 4.69) is 35.1 Å². The molecule has 0 unspecified atom stereocenters. The van der Waals surface area contributed by atoms with Gasteiger partial charge in [0.2, 0.25) is 11.8 Å². The molecule has 42 heavy (non-hydrogen) atoms. The summed E-state index contributed by atoms with van der Waals surface area (Å²) in [6.07, 6.45) is 4.18. The molecular formula is C32H38N4O4S2. The van der Waals surface area contributed by atoms with Gasteiger partial charge in [-0.15, -0.1) is 23.1 Å². The molecule has 4 N–H and O–H groups in total. The molecule has 0 saturated carbocycles. The molecule has 2 aromatic carbocycles. The Labute approximate surface area is 254 Å². The Morgan fingerprint density at radius 3 is 2.45 bits per heavy atom. The highest BCUT2D eigenvalue weighted by Gasteiger charge is 2.43. The Morgan fingerprint density at radius 1 is 0.976 bits per heavy atom. The maximum absolute atomic E-state index is 13.7. The first kappa shape index (κ1) is 30.3. The summed E-state index contributed by atoms with van der Waals surface area (Å²) >= 11 is 2.84. The largest absolute Gasteiger partial charge is 0.354 e. The van der Waals surface area contributed by atoms with Crippen LogP contribution < -0.4 is 21.3 Å². The topological polar surface area (TPSA) is 116 Å². The van der Waals surface area contributed by atoms with E-state index in [1.807, 2.05) is 48.7 Å². The molecule has 2 heterocycles. The van der Waals surface area contributed by atoms with Crippen LogP contribution >= 0.6 is 23.1 Å². The molecule has 0 spiro atoms. The van der Waals surface area contributed by atoms with E-state index in [4.69, 9.17) is 0 Å². The van der Waals surface area contributed by atoms with Crippen LogP contribution in [0.2, 0.25) is 0 Å². The lowest BCUT2D eigenvalue weighted by Crippen LogP contribution is -2.63. The third kappa shape index (κ3) is 6.40. The predicted octanol–water partition coefficient (Wildman–Crippen LogP) is 4.11. The first-order valence-corrected chi connectivity index (χ1v) is 16.4. The van der Waals surface area contributed by atoms with Gasteiger partial charge in [0.1, 0.15) is 5.54 Å². The molecule has 0 bridgehead atoms. The van der Waals surface area contributed by atoms with E-state index in [1.54, 1.807) is 0 Å². The van der Waals surface area contributed by atoms with Crippen molar-refractivity contribution in [3.05, 3.63) is 64.0 Å². The highest BCUT2D eigenvalue weighted by atomic mass is 32.2. The summed E-state index contributed by atoms with van der Waals surface area (Å²) in [7, 11) is 0. The normalized spacial score (nSPS) is 17.4. The highest BCUT2D eigenvalue weighted by Crippen LogP contribution is 2.44. The maximum atomic E-state index is 13.7. The maximum Gasteiger partial charge on any atom is 0.262 e. The van der Waals surface area contributed by atoms with Crippen LogP contribution in [0.25, 0.3) is 10.8 Å². The molecule has 1 saturated heterocycles. The van der Waals surface area contributed by atoms with E-state index in [-0.39, 0.29) is 48.4 Å². The van der Waals surface area contributed by atoms with Gasteiger partial charge in [-0.2, -0.15) is 0 Å². The molecule has 2 aliphatic rings. The lowest BCUT2D eigenvalue weighted by Gasteiger charge is -2.37. The summed E-state index contributed by atoms with van der Waals surface area (Å²) in [6, 6.07) is 13.9. The molecule has 3 aromatic rings. The monoisotopic (exact) mass is 606 g/mol. The summed E-state index contributed by atoms with van der Waals surface area (Å²) in [5.74, 6) is -0.595. The number of fused-ring (bicyclic) bond motifs is 2. The number of hydrogen-bond acceptors (Lipinski definition) is 7. The first-order chi connectivity index (χ1) is 20.1. The van der Waals surface area contributed by atoms with Crippen molar-refractivity contribution in [2.45, 2.75) is 55.7 Å². The van der Waals surface area contributed by atoms with Crippen LogP contribution in [0.3, 0.4) is 0 Å². The summed E-state index contributed by atoms with van der Waals surface area (Å²) in [6.45, 7) is 5.82. The zero-order valence-electron chi connectivity index (χ0n) is 24.4. The average molecular weight is 607 g/mol. The minimum Gasteiger partial charge on any atom is -0.354 e. The number of rotatable bonds is 9. The summed E-state index contributed by atoms with van der Waals surface area (Å²) in [4.78, 5) is 53.5. The van der Waals surface area contributed by atoms with Crippen LogP contribution in [0.1, 0.15) is 64.3 Å². The SMILES string of the molecule is CSc1sc(C(=O)NC2(C(=O)NCCNC(=O)Cc3cccc4ccccc34)CCNCC2)c2c1C(=O)CC(C)(C)C2. The standard InChI is InChI=1S/C32H38N4O4S2/c1-31(2)18-23-26(24(37)19-31)29(41-3)42-27(23)28(39)36-32(11-13-33-14-12-32)30(40)35-16-15-34-25(38)17-21-9-6-8-20-7-4-5-10-22(20)21/h4-10,33H,11-19H2,1-3H3,(H,34,38)(H,35,40)(H,36,39). The second kappa shape index (κ2) is 12.6. The van der Waals surface area contributed by atoms with Crippen molar-refractivity contribution in [3.63, 3.8) is 0 Å². The van der Waals surface area contributed by atoms with Crippen molar-refractivity contribution in [3.8, 4) is 0 Å². The summed E-state index contributed by atoms with van der Waals surface area (Å²) in [5.41, 5.74) is 1.15. The fraction of sp³-hybridized carbons (Fsp3) is 0.438. The van der Waals surface area contributed by atoms with E-state index >= 15 is 0 Å². The Bertz CT molecular complexity index is 1520. The van der Waals surface area contributed by atoms with Crippen molar-refractivity contribution in [2.24, 2.45) is 5.41 Å². The third-order valence-electron chi connectivity index (χ3n) is 8.15. The van der Waals surface area contributed by atoms with Crippen LogP contribution in [-0.4, -0.2) is 61.5 Å². The smallest absolute Gasteiger partial charge is 0.262 e. The molecule has 5 rings (SSSR count). The van der Waals surface area contributed by atoms with Crippen molar-refractivity contribution in [2.75, 3.05) is 32.4 Å². The number of benzene rings is 2. The van der Waals surface area contributed by atoms with Gasteiger partial charge in [0.25, 0.3) is 5.91 Å². The minimum atomic E-state index is -1.07. The number of thioether (sulfide) groups is 1. The number of amides is 3. The van der Waals surface area contributed by atoms with Crippen LogP contribution in [0.5, 0.6) is 0 Å². The number of Topliss-reactive ketones (excluding diaryl/α,β-unsaturated/α-hetero) is 1. The zero-order valence-corrected chi connectivity index (χ0v) is 26.0. The second-order valence-corrected chi connectivity index (χ2v) is 14.0. The number of carbonyl (C=O) groups excluding carboxylic acids is 4. The number of ketones is 1. The van der Waals surface area contributed by atoms with Crippen LogP contribution in [0.15, 0.2) is 46.7 Å². The van der Waals surface area contributed by atoms with Gasteiger partial charge in [-0.3, -0.25) is 19.2 Å². The fourth-order valence-corrected chi connectivity index (χ4v) is 8.04. The number of nitrogens with one attached hydrogen (secondary N) is 4. The van der Waals surface area contributed by atoms with E-state index in [0.717, 1.165) is 26.1 Å². The molecule has 1 aliphatic heterocycles. The molecule has 1 aromatic heterocycles. The molecule has 10 heteroatoms. The van der Waals surface area contributed by atoms with Gasteiger partial charge in [0, 0.05) is 25.1 Å². The molecule has 3 amide bonds. The first-order valence-electron chi connectivity index (χ1n) is 14.4. The van der Waals surface area contributed by atoms with Gasteiger partial charge in [-0.05, 0) is 65.9 Å². The number of piperidine rings is 1. The summed E-state index contributed by atoms with van der Waals surface area (Å²) < 4.78 is 0.860. The lowest BCUT2D eigenvalue weighted by molar-refractivity contribution is -0.128. The van der Waals surface area contributed by atoms with Crippen molar-refractivity contribution >= 4 is 57.4 Å². The highest BCUT2D eigenvalue weighted by molar-refractivity contribution is 8.00. The molecule has 8 nitrogen and oxygen atoms in total. The van der Waals surface area contributed by atoms with Crippen LogP contribution in [0, 0.1) is 5.41 Å². The Kier molecular flexibility index (Phi) is 9.05. The molecule has 0 atom stereocenters. The molecule has 1 aliphatic carbocycles. The Balaban J connectivity index is 1.22. The van der Waals surface area contributed by atoms with E-state index < -0.39 is 5.54 Å². The molecule has 1 fully saturated rings. The minimum absolute atomic E-state index is 0.0812. The van der Waals surface area contributed by atoms with E-state index in [0.29, 0.717) is 49.2 Å². The van der Waals surface area contributed by atoms with Gasteiger partial charge in [0.15, 0.2) is 5.78 Å². The van der Waals surface area contributed by atoms with Crippen molar-refractivity contribution < 1.29 is 19.2 Å². The van der Waals surface area contributed by atoms with Gasteiger partial charge in [-0.25, -0.2) is 0 Å². The fourth-order valence-electron chi connectivity index (χ4n) is 6.05. The second-order valence-electron chi connectivity index (χ2n) is 11.9. The van der Waals surface area contributed by atoms with Gasteiger partial charge >= 0.3 is 0 Å². The Hall–Kier alpha value is -3.21. The molecular weight excluding hydrogens is 569 g/mol. The third-order valence-corrected chi connectivity index (χ3v) is 10.5. The Morgan fingerprint density at radius 2 is 1.69 bits per heavy atom. The number of thiophene rings is 1. The van der Waals surface area contributed by atoms with Crippen LogP contribution in [0.4, 0.5) is 0 Å². The van der Waals surface area contributed by atoms with Crippen molar-refractivity contribution in [1.29, 1.82) is 0 Å². The van der Waals surface area contributed by atoms with E-state index in [1.165, 1.54) is 23.1 Å². The van der Waals surface area contributed by atoms with Gasteiger partial charge < -0.3 is 21.3 Å². The molecule has 222 valence electrons. The lowest BCUT2D eigenvalue weighted by atomic mass is 9.74. The zero-order chi connectivity index (χ0) is 29.9. The molecule has 0 radical (unpaired) electrons. The van der Waals surface area contributed by atoms with E-state index in [9.17, 15) is 19.2 Å². The number of carbonyl (C=O) groups is 4. The van der Waals surface area contributed by atoms with Crippen molar-refractivity contribution in [1.82, 2.24) is 21.3 Å². The van der Waals surface area contributed by atoms with Gasteiger partial charge in [-0.1, -0.05) is 56.3 Å². The quantitative estimate of drug-likeness (QED) is 0.215. The van der Waals surface area contributed by atoms with Gasteiger partial charge in [0.05, 0.1) is 15.5 Å².